The van der Waals surface area contributed by atoms with Gasteiger partial charge in [-0.25, -0.2) is 0 Å². The Kier molecular flexibility index (Phi) is 6.71. The number of carbonyl (C=O) groups is 2. The molecule has 0 aromatic heterocycles. The van der Waals surface area contributed by atoms with Gasteiger partial charge in [0.2, 0.25) is 5.91 Å². The highest BCUT2D eigenvalue weighted by atomic mass is 35.5. The number of piperazine rings is 1. The van der Waals surface area contributed by atoms with E-state index in [4.69, 9.17) is 16.3 Å². The second-order valence-corrected chi connectivity index (χ2v) is 6.03. The molecule has 0 radical (unpaired) electrons. The van der Waals surface area contributed by atoms with Crippen LogP contribution < -0.4 is 4.74 Å². The third-order valence-corrected chi connectivity index (χ3v) is 4.16. The molecule has 1 fully saturated rings. The van der Waals surface area contributed by atoms with Crippen LogP contribution in [0.5, 0.6) is 5.75 Å². The van der Waals surface area contributed by atoms with Crippen LogP contribution >= 0.6 is 11.6 Å². The maximum atomic E-state index is 12.2. The first-order chi connectivity index (χ1) is 11.1. The normalized spacial score (nSPS) is 14.7. The summed E-state index contributed by atoms with van der Waals surface area (Å²) in [6, 6.07) is 7.61. The van der Waals surface area contributed by atoms with Crippen LogP contribution in [0.1, 0.15) is 18.4 Å². The first-order valence-electron chi connectivity index (χ1n) is 7.91. The van der Waals surface area contributed by atoms with Gasteiger partial charge in [-0.2, -0.15) is 0 Å². The molecule has 0 saturated carbocycles. The zero-order valence-corrected chi connectivity index (χ0v) is 14.2. The summed E-state index contributed by atoms with van der Waals surface area (Å²) in [6.45, 7) is 4.31. The lowest BCUT2D eigenvalue weighted by molar-refractivity contribution is -0.140. The molecule has 2 amide bonds. The van der Waals surface area contributed by atoms with E-state index in [-0.39, 0.29) is 18.4 Å². The minimum absolute atomic E-state index is 0.0310. The molecule has 2 rings (SSSR count). The summed E-state index contributed by atoms with van der Waals surface area (Å²) in [6.07, 6.45) is 1.18. The number of halogens is 1. The molecule has 0 N–H and O–H groups in total. The van der Waals surface area contributed by atoms with E-state index in [0.29, 0.717) is 50.7 Å². The first kappa shape index (κ1) is 17.6. The van der Waals surface area contributed by atoms with Gasteiger partial charge >= 0.3 is 0 Å². The molecular weight excluding hydrogens is 316 g/mol. The monoisotopic (exact) mass is 338 g/mol. The molecule has 6 heteroatoms. The molecule has 1 heterocycles. The maximum absolute atomic E-state index is 12.2. The molecular formula is C17H23ClN2O3. The number of nitrogens with zero attached hydrogens (tertiary/aromatic N) is 2. The summed E-state index contributed by atoms with van der Waals surface area (Å²) in [5.41, 5.74) is 1.15. The number of benzene rings is 1. The van der Waals surface area contributed by atoms with Crippen LogP contribution in [0.25, 0.3) is 0 Å². The van der Waals surface area contributed by atoms with Crippen molar-refractivity contribution in [3.8, 4) is 5.75 Å². The summed E-state index contributed by atoms with van der Waals surface area (Å²) in [4.78, 5) is 27.6. The van der Waals surface area contributed by atoms with Crippen LogP contribution in [-0.4, -0.2) is 60.3 Å². The molecule has 1 aromatic rings. The van der Waals surface area contributed by atoms with Gasteiger partial charge in [-0.3, -0.25) is 9.59 Å². The Labute approximate surface area is 142 Å². The summed E-state index contributed by atoms with van der Waals surface area (Å²) in [5.74, 6) is 1.27. The standard InChI is InChI=1S/C17H23ClN2O3/c1-14-4-6-15(7-5-14)23-13-17(22)20-11-9-19(10-12-20)16(21)3-2-8-18/h4-7H,2-3,8-13H2,1H3. The van der Waals surface area contributed by atoms with Crippen molar-refractivity contribution in [1.29, 1.82) is 0 Å². The molecule has 1 aliphatic heterocycles. The molecule has 0 unspecified atom stereocenters. The van der Waals surface area contributed by atoms with E-state index in [2.05, 4.69) is 0 Å². The molecule has 5 nitrogen and oxygen atoms in total. The van der Waals surface area contributed by atoms with Gasteiger partial charge in [0, 0.05) is 38.5 Å². The van der Waals surface area contributed by atoms with Crippen molar-refractivity contribution in [3.63, 3.8) is 0 Å². The Bertz CT molecular complexity index is 525. The van der Waals surface area contributed by atoms with Crippen molar-refractivity contribution >= 4 is 23.4 Å². The predicted octanol–water partition coefficient (Wildman–Crippen LogP) is 2.06. The molecule has 0 aliphatic carbocycles. The molecule has 1 saturated heterocycles. The zero-order valence-electron chi connectivity index (χ0n) is 13.5. The highest BCUT2D eigenvalue weighted by Gasteiger charge is 2.23. The average Bonchev–Trinajstić information content (AvgIpc) is 2.59. The third kappa shape index (κ3) is 5.43. The van der Waals surface area contributed by atoms with Crippen LogP contribution in [0.3, 0.4) is 0 Å². The highest BCUT2D eigenvalue weighted by Crippen LogP contribution is 2.12. The third-order valence-electron chi connectivity index (χ3n) is 3.89. The minimum atomic E-state index is -0.0431. The Balaban J connectivity index is 1.73. The van der Waals surface area contributed by atoms with Crippen LogP contribution in [0, 0.1) is 6.92 Å². The number of alkyl halides is 1. The van der Waals surface area contributed by atoms with Crippen molar-refractivity contribution in [2.24, 2.45) is 0 Å². The van der Waals surface area contributed by atoms with E-state index in [1.807, 2.05) is 31.2 Å². The van der Waals surface area contributed by atoms with Gasteiger partial charge in [0.25, 0.3) is 5.91 Å². The van der Waals surface area contributed by atoms with Crippen molar-refractivity contribution in [2.45, 2.75) is 19.8 Å². The molecule has 126 valence electrons. The first-order valence-corrected chi connectivity index (χ1v) is 8.44. The number of hydrogen-bond donors (Lipinski definition) is 0. The van der Waals surface area contributed by atoms with Gasteiger partial charge in [-0.1, -0.05) is 17.7 Å². The minimum Gasteiger partial charge on any atom is -0.484 e. The summed E-state index contributed by atoms with van der Waals surface area (Å²) >= 11 is 5.61. The number of amides is 2. The fraction of sp³-hybridized carbons (Fsp3) is 0.529. The molecule has 0 atom stereocenters. The van der Waals surface area contributed by atoms with E-state index in [1.54, 1.807) is 9.80 Å². The molecule has 0 spiro atoms. The van der Waals surface area contributed by atoms with E-state index < -0.39 is 0 Å². The number of aryl methyl sites for hydroxylation is 1. The number of ether oxygens (including phenoxy) is 1. The molecule has 1 aromatic carbocycles. The molecule has 23 heavy (non-hydrogen) atoms. The predicted molar refractivity (Wildman–Crippen MR) is 89.8 cm³/mol. The molecule has 0 bridgehead atoms. The number of rotatable bonds is 6. The number of hydrogen-bond acceptors (Lipinski definition) is 3. The van der Waals surface area contributed by atoms with Crippen LogP contribution in [0.4, 0.5) is 0 Å². The van der Waals surface area contributed by atoms with Crippen LogP contribution in [-0.2, 0) is 9.59 Å². The van der Waals surface area contributed by atoms with Crippen LogP contribution in [0.15, 0.2) is 24.3 Å². The molecule has 1 aliphatic rings. The second-order valence-electron chi connectivity index (χ2n) is 5.66. The second kappa shape index (κ2) is 8.77. The Morgan fingerprint density at radius 1 is 1.04 bits per heavy atom. The average molecular weight is 339 g/mol. The lowest BCUT2D eigenvalue weighted by Crippen LogP contribution is -2.51. The quantitative estimate of drug-likeness (QED) is 0.746. The Morgan fingerprint density at radius 3 is 2.17 bits per heavy atom. The van der Waals surface area contributed by atoms with Gasteiger partial charge in [0.15, 0.2) is 6.61 Å². The van der Waals surface area contributed by atoms with E-state index in [0.717, 1.165) is 5.56 Å². The summed E-state index contributed by atoms with van der Waals surface area (Å²) < 4.78 is 5.52. The van der Waals surface area contributed by atoms with Gasteiger partial charge in [0.05, 0.1) is 0 Å². The smallest absolute Gasteiger partial charge is 0.260 e. The Morgan fingerprint density at radius 2 is 1.61 bits per heavy atom. The van der Waals surface area contributed by atoms with Crippen molar-refractivity contribution in [2.75, 3.05) is 38.7 Å². The summed E-state index contributed by atoms with van der Waals surface area (Å²) in [5, 5.41) is 0. The van der Waals surface area contributed by atoms with Gasteiger partial charge < -0.3 is 14.5 Å². The van der Waals surface area contributed by atoms with Crippen molar-refractivity contribution in [1.82, 2.24) is 9.80 Å². The highest BCUT2D eigenvalue weighted by molar-refractivity contribution is 6.17. The number of carbonyl (C=O) groups excluding carboxylic acids is 2. The zero-order chi connectivity index (χ0) is 16.7. The lowest BCUT2D eigenvalue weighted by Gasteiger charge is -2.34. The van der Waals surface area contributed by atoms with Gasteiger partial charge in [-0.05, 0) is 25.5 Å². The fourth-order valence-corrected chi connectivity index (χ4v) is 2.59. The SMILES string of the molecule is Cc1ccc(OCC(=O)N2CCN(C(=O)CCCCl)CC2)cc1. The van der Waals surface area contributed by atoms with E-state index >= 15 is 0 Å². The van der Waals surface area contributed by atoms with Crippen molar-refractivity contribution in [3.05, 3.63) is 29.8 Å². The van der Waals surface area contributed by atoms with Gasteiger partial charge in [0.1, 0.15) is 5.75 Å². The topological polar surface area (TPSA) is 49.9 Å². The van der Waals surface area contributed by atoms with Gasteiger partial charge in [-0.15, -0.1) is 11.6 Å². The Hall–Kier alpha value is -1.75. The maximum Gasteiger partial charge on any atom is 0.260 e. The lowest BCUT2D eigenvalue weighted by atomic mass is 10.2. The summed E-state index contributed by atoms with van der Waals surface area (Å²) in [7, 11) is 0. The largest absolute Gasteiger partial charge is 0.484 e. The van der Waals surface area contributed by atoms with Crippen LogP contribution in [0.2, 0.25) is 0 Å². The fourth-order valence-electron chi connectivity index (χ4n) is 2.45. The van der Waals surface area contributed by atoms with E-state index in [1.165, 1.54) is 0 Å². The van der Waals surface area contributed by atoms with E-state index in [9.17, 15) is 9.59 Å². The van der Waals surface area contributed by atoms with Crippen molar-refractivity contribution < 1.29 is 14.3 Å².